The minimum absolute atomic E-state index is 0.241. The van der Waals surface area contributed by atoms with Crippen LogP contribution in [-0.4, -0.2) is 59.6 Å². The third kappa shape index (κ3) is 6.32. The molecule has 1 aromatic carbocycles. The van der Waals surface area contributed by atoms with E-state index in [0.717, 1.165) is 25.4 Å². The number of carboxylic acid groups (broad SMARTS) is 1. The van der Waals surface area contributed by atoms with Gasteiger partial charge in [0.25, 0.3) is 0 Å². The van der Waals surface area contributed by atoms with E-state index in [0.29, 0.717) is 11.8 Å². The predicted octanol–water partition coefficient (Wildman–Crippen LogP) is 5.00. The summed E-state index contributed by atoms with van der Waals surface area (Å²) in [5.41, 5.74) is 2.95. The number of rotatable bonds is 10. The zero-order valence-electron chi connectivity index (χ0n) is 19.5. The lowest BCUT2D eigenvalue weighted by atomic mass is 9.80. The number of benzene rings is 1. The highest BCUT2D eigenvalue weighted by molar-refractivity contribution is 5.73. The third-order valence-corrected chi connectivity index (χ3v) is 8.37. The quantitative estimate of drug-likeness (QED) is 0.572. The average Bonchev–Trinajstić information content (AvgIpc) is 3.17. The first-order valence-electron chi connectivity index (χ1n) is 12.8. The number of hydrogen-bond donors (Lipinski definition) is 1. The molecule has 4 nitrogen and oxygen atoms in total. The summed E-state index contributed by atoms with van der Waals surface area (Å²) in [4.78, 5) is 16.8. The Hall–Kier alpha value is -1.39. The Balaban J connectivity index is 1.14. The number of piperidine rings is 1. The first kappa shape index (κ1) is 22.8. The van der Waals surface area contributed by atoms with Crippen molar-refractivity contribution in [1.82, 2.24) is 9.80 Å². The fraction of sp³-hybridized carbons (Fsp3) is 0.741. The molecule has 1 aromatic rings. The second-order valence-electron chi connectivity index (χ2n) is 10.6. The maximum Gasteiger partial charge on any atom is 0.320 e. The van der Waals surface area contributed by atoms with Crippen LogP contribution in [0, 0.1) is 24.7 Å². The van der Waals surface area contributed by atoms with Gasteiger partial charge in [0, 0.05) is 13.1 Å². The number of likely N-dealkylation sites (tertiary alicyclic amines) is 2. The minimum atomic E-state index is -0.598. The summed E-state index contributed by atoms with van der Waals surface area (Å²) in [7, 11) is 0. The van der Waals surface area contributed by atoms with Gasteiger partial charge in [0.1, 0.15) is 6.04 Å². The highest BCUT2D eigenvalue weighted by atomic mass is 16.4. The van der Waals surface area contributed by atoms with Gasteiger partial charge in [-0.15, -0.1) is 0 Å². The molecule has 2 atom stereocenters. The number of carboxylic acids is 1. The molecule has 31 heavy (non-hydrogen) atoms. The molecule has 0 spiro atoms. The molecule has 3 fully saturated rings. The lowest BCUT2D eigenvalue weighted by molar-refractivity contribution is -0.144. The van der Waals surface area contributed by atoms with Crippen molar-refractivity contribution in [2.75, 3.05) is 32.7 Å². The van der Waals surface area contributed by atoms with E-state index < -0.39 is 5.97 Å². The summed E-state index contributed by atoms with van der Waals surface area (Å²) in [6.45, 7) is 7.82. The van der Waals surface area contributed by atoms with Crippen molar-refractivity contribution in [3.63, 3.8) is 0 Å². The van der Waals surface area contributed by atoms with E-state index in [-0.39, 0.29) is 6.04 Å². The van der Waals surface area contributed by atoms with Crippen LogP contribution in [-0.2, 0) is 11.2 Å². The second kappa shape index (κ2) is 11.0. The SMILES string of the molecule is Cc1ccccc1CCCC1CCN(CC2CCN(C(CC3CCC3)C(=O)O)C2)CC1. The second-order valence-corrected chi connectivity index (χ2v) is 10.6. The van der Waals surface area contributed by atoms with Crippen LogP contribution >= 0.6 is 0 Å². The predicted molar refractivity (Wildman–Crippen MR) is 126 cm³/mol. The molecule has 0 bridgehead atoms. The van der Waals surface area contributed by atoms with Crippen LogP contribution in [0.4, 0.5) is 0 Å². The normalized spacial score (nSPS) is 24.9. The summed E-state index contributed by atoms with van der Waals surface area (Å²) >= 11 is 0. The van der Waals surface area contributed by atoms with Crippen molar-refractivity contribution < 1.29 is 9.90 Å². The van der Waals surface area contributed by atoms with E-state index >= 15 is 0 Å². The molecule has 1 saturated carbocycles. The summed E-state index contributed by atoms with van der Waals surface area (Å²) in [6.07, 6.45) is 12.4. The van der Waals surface area contributed by atoms with Crippen LogP contribution < -0.4 is 0 Å². The average molecular weight is 427 g/mol. The Morgan fingerprint density at radius 1 is 1.03 bits per heavy atom. The molecule has 2 heterocycles. The largest absolute Gasteiger partial charge is 0.480 e. The topological polar surface area (TPSA) is 43.8 Å². The van der Waals surface area contributed by atoms with Gasteiger partial charge in [0.15, 0.2) is 0 Å². The molecule has 2 unspecified atom stereocenters. The fourth-order valence-corrected chi connectivity index (χ4v) is 6.04. The molecule has 0 radical (unpaired) electrons. The van der Waals surface area contributed by atoms with Crippen LogP contribution in [0.15, 0.2) is 24.3 Å². The van der Waals surface area contributed by atoms with E-state index in [2.05, 4.69) is 41.0 Å². The van der Waals surface area contributed by atoms with Gasteiger partial charge >= 0.3 is 5.97 Å². The fourth-order valence-electron chi connectivity index (χ4n) is 6.04. The van der Waals surface area contributed by atoms with Crippen LogP contribution in [0.3, 0.4) is 0 Å². The van der Waals surface area contributed by atoms with E-state index in [9.17, 15) is 9.90 Å². The minimum Gasteiger partial charge on any atom is -0.480 e. The molecular weight excluding hydrogens is 384 g/mol. The molecule has 172 valence electrons. The Kier molecular flexibility index (Phi) is 8.06. The van der Waals surface area contributed by atoms with Crippen LogP contribution in [0.5, 0.6) is 0 Å². The van der Waals surface area contributed by atoms with Gasteiger partial charge in [-0.05, 0) is 94.0 Å². The Bertz CT molecular complexity index is 709. The van der Waals surface area contributed by atoms with Gasteiger partial charge in [-0.1, -0.05) is 49.9 Å². The zero-order valence-corrected chi connectivity index (χ0v) is 19.5. The summed E-state index contributed by atoms with van der Waals surface area (Å²) in [5, 5.41) is 9.75. The van der Waals surface area contributed by atoms with Gasteiger partial charge in [0.2, 0.25) is 0 Å². The molecule has 2 aliphatic heterocycles. The van der Waals surface area contributed by atoms with Crippen LogP contribution in [0.25, 0.3) is 0 Å². The number of aliphatic carboxylic acids is 1. The van der Waals surface area contributed by atoms with Crippen molar-refractivity contribution in [3.05, 3.63) is 35.4 Å². The molecule has 4 rings (SSSR count). The standard InChI is InChI=1S/C27H42N2O2/c1-21-6-2-3-10-25(21)11-5-7-22-12-15-28(16-13-22)19-24-14-17-29(20-24)26(27(30)31)18-23-8-4-9-23/h2-3,6,10,22-24,26H,4-5,7-9,11-20H2,1H3,(H,30,31). The molecule has 3 aliphatic rings. The number of aryl methyl sites for hydroxylation is 2. The first-order valence-corrected chi connectivity index (χ1v) is 12.8. The monoisotopic (exact) mass is 426 g/mol. The molecule has 0 aromatic heterocycles. The number of hydrogen-bond acceptors (Lipinski definition) is 3. The highest BCUT2D eigenvalue weighted by Crippen LogP contribution is 2.33. The van der Waals surface area contributed by atoms with Gasteiger partial charge in [-0.25, -0.2) is 0 Å². The van der Waals surface area contributed by atoms with Gasteiger partial charge < -0.3 is 10.0 Å². The zero-order chi connectivity index (χ0) is 21.6. The maximum absolute atomic E-state index is 11.8. The van der Waals surface area contributed by atoms with E-state index in [1.165, 1.54) is 88.5 Å². The number of carbonyl (C=O) groups is 1. The molecule has 4 heteroatoms. The highest BCUT2D eigenvalue weighted by Gasteiger charge is 2.36. The molecule has 1 N–H and O–H groups in total. The van der Waals surface area contributed by atoms with E-state index in [4.69, 9.17) is 0 Å². The van der Waals surface area contributed by atoms with Crippen LogP contribution in [0.2, 0.25) is 0 Å². The van der Waals surface area contributed by atoms with Crippen molar-refractivity contribution in [1.29, 1.82) is 0 Å². The molecule has 1 aliphatic carbocycles. The maximum atomic E-state index is 11.8. The van der Waals surface area contributed by atoms with Gasteiger partial charge in [-0.3, -0.25) is 9.69 Å². The third-order valence-electron chi connectivity index (χ3n) is 8.37. The van der Waals surface area contributed by atoms with Crippen LogP contribution in [0.1, 0.15) is 68.9 Å². The lowest BCUT2D eigenvalue weighted by Crippen LogP contribution is -2.43. The van der Waals surface area contributed by atoms with E-state index in [1.807, 2.05) is 0 Å². The van der Waals surface area contributed by atoms with Crippen molar-refractivity contribution in [2.24, 2.45) is 17.8 Å². The van der Waals surface area contributed by atoms with Crippen molar-refractivity contribution >= 4 is 5.97 Å². The molecular formula is C27H42N2O2. The summed E-state index contributed by atoms with van der Waals surface area (Å²) in [6, 6.07) is 8.56. The summed E-state index contributed by atoms with van der Waals surface area (Å²) < 4.78 is 0. The Morgan fingerprint density at radius 2 is 1.77 bits per heavy atom. The summed E-state index contributed by atoms with van der Waals surface area (Å²) in [5.74, 6) is 1.60. The van der Waals surface area contributed by atoms with Gasteiger partial charge in [-0.2, -0.15) is 0 Å². The smallest absolute Gasteiger partial charge is 0.320 e. The number of nitrogens with zero attached hydrogens (tertiary/aromatic N) is 2. The van der Waals surface area contributed by atoms with E-state index in [1.54, 1.807) is 0 Å². The molecule has 0 amide bonds. The Morgan fingerprint density at radius 3 is 2.45 bits per heavy atom. The first-order chi connectivity index (χ1) is 15.1. The van der Waals surface area contributed by atoms with Crippen molar-refractivity contribution in [2.45, 2.75) is 77.2 Å². The van der Waals surface area contributed by atoms with Crippen molar-refractivity contribution in [3.8, 4) is 0 Å². The lowest BCUT2D eigenvalue weighted by Gasteiger charge is -2.34. The Labute approximate surface area is 189 Å². The van der Waals surface area contributed by atoms with Gasteiger partial charge in [0.05, 0.1) is 0 Å². The molecule has 2 saturated heterocycles.